The summed E-state index contributed by atoms with van der Waals surface area (Å²) >= 11 is 0. The number of rotatable bonds is 0. The zero-order valence-electron chi connectivity index (χ0n) is 7.40. The van der Waals surface area contributed by atoms with E-state index in [-0.39, 0.29) is 0 Å². The molecule has 0 saturated carbocycles. The predicted octanol–water partition coefficient (Wildman–Crippen LogP) is 2.51. The van der Waals surface area contributed by atoms with Crippen molar-refractivity contribution in [1.29, 1.82) is 0 Å². The van der Waals surface area contributed by atoms with Crippen LogP contribution in [0.2, 0.25) is 0 Å². The van der Waals surface area contributed by atoms with Crippen LogP contribution in [0.1, 0.15) is 0 Å². The molecule has 2 heterocycles. The molecule has 1 aromatic heterocycles. The Morgan fingerprint density at radius 3 is 3.21 bits per heavy atom. The van der Waals surface area contributed by atoms with E-state index in [1.165, 1.54) is 0 Å². The number of nitrogens with one attached hydrogen (secondary N) is 1. The average molecular weight is 184 g/mol. The number of aromatic nitrogens is 1. The minimum atomic E-state index is 0.841. The third kappa shape index (κ3) is 0.956. The summed E-state index contributed by atoms with van der Waals surface area (Å²) < 4.78 is 5.36. The number of hydrogen-bond acceptors (Lipinski definition) is 3. The minimum Gasteiger partial charge on any atom is -0.461 e. The Morgan fingerprint density at radius 2 is 2.21 bits per heavy atom. The van der Waals surface area contributed by atoms with Gasteiger partial charge in [-0.1, -0.05) is 0 Å². The monoisotopic (exact) mass is 184 g/mol. The van der Waals surface area contributed by atoms with Crippen molar-refractivity contribution in [3.05, 3.63) is 42.9 Å². The van der Waals surface area contributed by atoms with E-state index in [1.54, 1.807) is 18.7 Å². The molecule has 68 valence electrons. The highest BCUT2D eigenvalue weighted by Gasteiger charge is 2.09. The summed E-state index contributed by atoms with van der Waals surface area (Å²) in [7, 11) is 0. The van der Waals surface area contributed by atoms with Crippen LogP contribution in [0.5, 0.6) is 5.75 Å². The summed E-state index contributed by atoms with van der Waals surface area (Å²) in [4.78, 5) is 4.27. The van der Waals surface area contributed by atoms with Crippen molar-refractivity contribution in [2.45, 2.75) is 0 Å². The van der Waals surface area contributed by atoms with Gasteiger partial charge in [-0.05, 0) is 24.3 Å². The topological polar surface area (TPSA) is 34.1 Å². The van der Waals surface area contributed by atoms with E-state index in [0.717, 1.165) is 22.3 Å². The second kappa shape index (κ2) is 2.73. The van der Waals surface area contributed by atoms with Gasteiger partial charge in [0.1, 0.15) is 6.26 Å². The van der Waals surface area contributed by atoms with Crippen LogP contribution in [-0.2, 0) is 0 Å². The van der Waals surface area contributed by atoms with Crippen LogP contribution >= 0.6 is 0 Å². The molecule has 0 unspecified atom stereocenters. The fourth-order valence-corrected chi connectivity index (χ4v) is 1.60. The SMILES string of the molecule is C1=COc2ccc3ncccc3c2N1. The maximum absolute atomic E-state index is 5.36. The summed E-state index contributed by atoms with van der Waals surface area (Å²) in [5, 5.41) is 4.24. The van der Waals surface area contributed by atoms with E-state index in [0.29, 0.717) is 0 Å². The Hall–Kier alpha value is -2.03. The number of pyridine rings is 1. The first-order chi connectivity index (χ1) is 6.95. The van der Waals surface area contributed by atoms with E-state index in [2.05, 4.69) is 10.3 Å². The average Bonchev–Trinajstić information content (AvgIpc) is 2.29. The molecule has 0 aliphatic carbocycles. The van der Waals surface area contributed by atoms with Gasteiger partial charge in [-0.15, -0.1) is 0 Å². The number of benzene rings is 1. The van der Waals surface area contributed by atoms with Crippen LogP contribution in [0, 0.1) is 0 Å². The number of ether oxygens (including phenoxy) is 1. The van der Waals surface area contributed by atoms with Crippen molar-refractivity contribution in [1.82, 2.24) is 4.98 Å². The van der Waals surface area contributed by atoms with Gasteiger partial charge < -0.3 is 10.1 Å². The molecule has 0 atom stereocenters. The maximum Gasteiger partial charge on any atom is 0.150 e. The zero-order valence-corrected chi connectivity index (χ0v) is 7.40. The number of nitrogens with zero attached hydrogens (tertiary/aromatic N) is 1. The Bertz CT molecular complexity index is 520. The van der Waals surface area contributed by atoms with Gasteiger partial charge in [0.25, 0.3) is 0 Å². The summed E-state index contributed by atoms with van der Waals surface area (Å²) in [6.45, 7) is 0. The van der Waals surface area contributed by atoms with Gasteiger partial charge in [-0.2, -0.15) is 0 Å². The molecule has 0 amide bonds. The number of hydrogen-bond donors (Lipinski definition) is 1. The van der Waals surface area contributed by atoms with Crippen molar-refractivity contribution >= 4 is 16.6 Å². The van der Waals surface area contributed by atoms with E-state index < -0.39 is 0 Å². The molecule has 2 aromatic rings. The van der Waals surface area contributed by atoms with E-state index in [4.69, 9.17) is 4.74 Å². The lowest BCUT2D eigenvalue weighted by atomic mass is 10.1. The highest BCUT2D eigenvalue weighted by Crippen LogP contribution is 2.34. The molecule has 1 N–H and O–H groups in total. The number of fused-ring (bicyclic) bond motifs is 3. The van der Waals surface area contributed by atoms with Gasteiger partial charge in [0.15, 0.2) is 5.75 Å². The van der Waals surface area contributed by atoms with Crippen LogP contribution < -0.4 is 10.1 Å². The van der Waals surface area contributed by atoms with Gasteiger partial charge in [-0.3, -0.25) is 4.98 Å². The van der Waals surface area contributed by atoms with Crippen molar-refractivity contribution < 1.29 is 4.74 Å². The third-order valence-electron chi connectivity index (χ3n) is 2.24. The molecule has 14 heavy (non-hydrogen) atoms. The Morgan fingerprint density at radius 1 is 1.21 bits per heavy atom. The maximum atomic E-state index is 5.36. The second-order valence-corrected chi connectivity index (χ2v) is 3.07. The first-order valence-corrected chi connectivity index (χ1v) is 4.41. The molecule has 1 aromatic carbocycles. The fourth-order valence-electron chi connectivity index (χ4n) is 1.60. The first-order valence-electron chi connectivity index (χ1n) is 4.41. The third-order valence-corrected chi connectivity index (χ3v) is 2.24. The molecule has 3 rings (SSSR count). The van der Waals surface area contributed by atoms with Crippen molar-refractivity contribution in [2.24, 2.45) is 0 Å². The molecular formula is C11H8N2O. The summed E-state index contributed by atoms with van der Waals surface area (Å²) in [6.07, 6.45) is 5.19. The van der Waals surface area contributed by atoms with Crippen molar-refractivity contribution in [3.63, 3.8) is 0 Å². The Labute approximate surface area is 81.0 Å². The van der Waals surface area contributed by atoms with Gasteiger partial charge in [0, 0.05) is 17.8 Å². The molecule has 1 aliphatic heterocycles. The standard InChI is InChI=1S/C11H8N2O/c1-2-8-9(12-5-1)3-4-10-11(8)13-6-7-14-10/h1-7,13H. The molecular weight excluding hydrogens is 176 g/mol. The molecule has 0 radical (unpaired) electrons. The minimum absolute atomic E-state index is 0.841. The molecule has 0 spiro atoms. The summed E-state index contributed by atoms with van der Waals surface area (Å²) in [6, 6.07) is 7.81. The highest BCUT2D eigenvalue weighted by atomic mass is 16.5. The molecule has 0 saturated heterocycles. The first kappa shape index (κ1) is 7.38. The smallest absolute Gasteiger partial charge is 0.150 e. The zero-order chi connectivity index (χ0) is 9.38. The largest absolute Gasteiger partial charge is 0.461 e. The van der Waals surface area contributed by atoms with Crippen molar-refractivity contribution in [3.8, 4) is 5.75 Å². The fraction of sp³-hybridized carbons (Fsp3) is 0. The van der Waals surface area contributed by atoms with E-state index >= 15 is 0 Å². The van der Waals surface area contributed by atoms with Crippen molar-refractivity contribution in [2.75, 3.05) is 5.32 Å². The van der Waals surface area contributed by atoms with E-state index in [9.17, 15) is 0 Å². The van der Waals surface area contributed by atoms with Crippen LogP contribution in [0.15, 0.2) is 42.9 Å². The molecule has 0 bridgehead atoms. The molecule has 3 heteroatoms. The van der Waals surface area contributed by atoms with Crippen LogP contribution in [-0.4, -0.2) is 4.98 Å². The lowest BCUT2D eigenvalue weighted by Crippen LogP contribution is -2.00. The van der Waals surface area contributed by atoms with Crippen LogP contribution in [0.25, 0.3) is 10.9 Å². The lowest BCUT2D eigenvalue weighted by Gasteiger charge is -2.14. The predicted molar refractivity (Wildman–Crippen MR) is 55.1 cm³/mol. The second-order valence-electron chi connectivity index (χ2n) is 3.07. The Balaban J connectivity index is 2.37. The van der Waals surface area contributed by atoms with Gasteiger partial charge in [0.05, 0.1) is 11.2 Å². The summed E-state index contributed by atoms with van der Waals surface area (Å²) in [5.74, 6) is 0.841. The Kier molecular flexibility index (Phi) is 1.44. The van der Waals surface area contributed by atoms with E-state index in [1.807, 2.05) is 24.3 Å². The van der Waals surface area contributed by atoms with Crippen LogP contribution in [0.3, 0.4) is 0 Å². The summed E-state index contributed by atoms with van der Waals surface area (Å²) in [5.41, 5.74) is 1.95. The number of anilines is 1. The van der Waals surface area contributed by atoms with Gasteiger partial charge >= 0.3 is 0 Å². The molecule has 0 fully saturated rings. The quantitative estimate of drug-likeness (QED) is 0.683. The normalized spacial score (nSPS) is 13.1. The highest BCUT2D eigenvalue weighted by molar-refractivity contribution is 5.95. The van der Waals surface area contributed by atoms with Gasteiger partial charge in [0.2, 0.25) is 0 Å². The molecule has 3 nitrogen and oxygen atoms in total. The van der Waals surface area contributed by atoms with Crippen LogP contribution in [0.4, 0.5) is 5.69 Å². The lowest BCUT2D eigenvalue weighted by molar-refractivity contribution is 0.478. The molecule has 1 aliphatic rings. The van der Waals surface area contributed by atoms with Gasteiger partial charge in [-0.25, -0.2) is 0 Å².